The summed E-state index contributed by atoms with van der Waals surface area (Å²) >= 11 is 0. The quantitative estimate of drug-likeness (QED) is 0.460. The number of β-amino-alcohol motifs (C(OH)–C–C–N with tert-alkyl or cyclic N) is 1. The van der Waals surface area contributed by atoms with Crippen LogP contribution in [-0.4, -0.2) is 86.7 Å². The normalized spacial score (nSPS) is 25.9. The zero-order chi connectivity index (χ0) is 18.4. The monoisotopic (exact) mass is 345 g/mol. The smallest absolute Gasteiger partial charge is 0.326 e. The van der Waals surface area contributed by atoms with Crippen LogP contribution in [0.1, 0.15) is 26.2 Å². The average molecular weight is 345 g/mol. The number of hydrogen-bond acceptors (Lipinski definition) is 6. The third-order valence-corrected chi connectivity index (χ3v) is 3.88. The van der Waals surface area contributed by atoms with Gasteiger partial charge in [-0.05, 0) is 12.8 Å². The van der Waals surface area contributed by atoms with E-state index < -0.39 is 36.0 Å². The molecule has 2 aliphatic rings. The van der Waals surface area contributed by atoms with E-state index in [2.05, 4.69) is 0 Å². The maximum absolute atomic E-state index is 12.5. The number of amides is 2. The molecular formula is C14H23N3O7. The lowest BCUT2D eigenvalue weighted by molar-refractivity contribution is -0.151. The molecule has 2 saturated heterocycles. The van der Waals surface area contributed by atoms with Gasteiger partial charge in [0, 0.05) is 26.4 Å². The van der Waals surface area contributed by atoms with Gasteiger partial charge in [0.1, 0.15) is 12.1 Å². The number of nitrogens with two attached hydrogens (primary N) is 1. The van der Waals surface area contributed by atoms with E-state index in [-0.39, 0.29) is 25.4 Å². The van der Waals surface area contributed by atoms with Crippen molar-refractivity contribution in [3.05, 3.63) is 0 Å². The molecule has 136 valence electrons. The summed E-state index contributed by atoms with van der Waals surface area (Å²) in [4.78, 5) is 46.9. The van der Waals surface area contributed by atoms with Crippen LogP contribution in [0.4, 0.5) is 0 Å². The summed E-state index contributed by atoms with van der Waals surface area (Å²) in [5.41, 5.74) is 5.32. The van der Waals surface area contributed by atoms with Gasteiger partial charge in [-0.1, -0.05) is 0 Å². The van der Waals surface area contributed by atoms with Crippen molar-refractivity contribution in [2.45, 2.75) is 44.4 Å². The Hall–Kier alpha value is -2.20. The van der Waals surface area contributed by atoms with Crippen molar-refractivity contribution in [2.75, 3.05) is 19.6 Å². The van der Waals surface area contributed by atoms with Gasteiger partial charge in [-0.3, -0.25) is 14.4 Å². The Morgan fingerprint density at radius 2 is 1.71 bits per heavy atom. The lowest BCUT2D eigenvalue weighted by Crippen LogP contribution is -2.52. The summed E-state index contributed by atoms with van der Waals surface area (Å²) in [7, 11) is 0. The molecule has 0 saturated carbocycles. The first-order valence-electron chi connectivity index (χ1n) is 7.59. The van der Waals surface area contributed by atoms with E-state index in [0.29, 0.717) is 19.4 Å². The number of aliphatic hydroxyl groups is 1. The number of nitrogens with zero attached hydrogens (tertiary/aromatic N) is 2. The Labute approximate surface area is 138 Å². The fraction of sp³-hybridized carbons (Fsp3) is 0.714. The number of carbonyl (C=O) groups is 4. The highest BCUT2D eigenvalue weighted by Gasteiger charge is 2.44. The van der Waals surface area contributed by atoms with Crippen LogP contribution in [0.25, 0.3) is 0 Å². The summed E-state index contributed by atoms with van der Waals surface area (Å²) < 4.78 is 0. The minimum absolute atomic E-state index is 0.00302. The van der Waals surface area contributed by atoms with Crippen molar-refractivity contribution >= 4 is 23.8 Å². The molecular weight excluding hydrogens is 322 g/mol. The predicted molar refractivity (Wildman–Crippen MR) is 80.9 cm³/mol. The van der Waals surface area contributed by atoms with Gasteiger partial charge in [0.05, 0.1) is 12.6 Å². The number of carboxylic acids is 2. The first-order chi connectivity index (χ1) is 11.2. The molecule has 0 spiro atoms. The number of likely N-dealkylation sites (tertiary alicyclic amines) is 2. The Kier molecular flexibility index (Phi) is 7.11. The molecule has 3 atom stereocenters. The van der Waals surface area contributed by atoms with Crippen LogP contribution < -0.4 is 5.73 Å². The maximum atomic E-state index is 12.5. The molecule has 10 heteroatoms. The highest BCUT2D eigenvalue weighted by molar-refractivity contribution is 5.91. The van der Waals surface area contributed by atoms with Crippen LogP contribution in [0.15, 0.2) is 0 Å². The molecule has 1 unspecified atom stereocenters. The van der Waals surface area contributed by atoms with E-state index in [1.165, 1.54) is 9.80 Å². The Bertz CT molecular complexity index is 507. The number of aliphatic carboxylic acids is 2. The zero-order valence-corrected chi connectivity index (χ0v) is 13.4. The zero-order valence-electron chi connectivity index (χ0n) is 13.4. The highest BCUT2D eigenvalue weighted by atomic mass is 16.4. The van der Waals surface area contributed by atoms with Crippen LogP contribution in [0.2, 0.25) is 0 Å². The molecule has 2 amide bonds. The molecule has 0 aromatic rings. The third kappa shape index (κ3) is 4.90. The SMILES string of the molecule is CC(=O)O.NCC(=O)N1CCC[C@@H]1C(=O)N1CC(O)C[C@@H]1C(=O)O. The van der Waals surface area contributed by atoms with Crippen molar-refractivity contribution in [3.63, 3.8) is 0 Å². The third-order valence-electron chi connectivity index (χ3n) is 3.88. The molecule has 2 rings (SSSR count). The second kappa shape index (κ2) is 8.60. The van der Waals surface area contributed by atoms with Crippen LogP contribution in [0.5, 0.6) is 0 Å². The van der Waals surface area contributed by atoms with Gasteiger partial charge in [-0.15, -0.1) is 0 Å². The van der Waals surface area contributed by atoms with Gasteiger partial charge in [0.25, 0.3) is 5.97 Å². The van der Waals surface area contributed by atoms with Gasteiger partial charge in [-0.2, -0.15) is 0 Å². The summed E-state index contributed by atoms with van der Waals surface area (Å²) in [6.07, 6.45) is 0.387. The molecule has 2 fully saturated rings. The van der Waals surface area contributed by atoms with Crippen molar-refractivity contribution in [3.8, 4) is 0 Å². The Balaban J connectivity index is 0.000000648. The van der Waals surface area contributed by atoms with Gasteiger partial charge in [0.15, 0.2) is 0 Å². The molecule has 0 radical (unpaired) electrons. The van der Waals surface area contributed by atoms with Gasteiger partial charge in [0.2, 0.25) is 11.8 Å². The number of carbonyl (C=O) groups excluding carboxylic acids is 2. The number of aliphatic hydroxyl groups excluding tert-OH is 1. The molecule has 0 aliphatic carbocycles. The Morgan fingerprint density at radius 1 is 1.12 bits per heavy atom. The minimum Gasteiger partial charge on any atom is -0.481 e. The van der Waals surface area contributed by atoms with E-state index in [9.17, 15) is 19.5 Å². The summed E-state index contributed by atoms with van der Waals surface area (Å²) in [6, 6.07) is -1.67. The van der Waals surface area contributed by atoms with Crippen LogP contribution in [0.3, 0.4) is 0 Å². The van der Waals surface area contributed by atoms with E-state index >= 15 is 0 Å². The second-order valence-corrected chi connectivity index (χ2v) is 5.70. The maximum Gasteiger partial charge on any atom is 0.326 e. The molecule has 2 aliphatic heterocycles. The van der Waals surface area contributed by atoms with E-state index in [0.717, 1.165) is 6.92 Å². The van der Waals surface area contributed by atoms with Crippen molar-refractivity contribution in [1.82, 2.24) is 9.80 Å². The topological polar surface area (TPSA) is 161 Å². The Morgan fingerprint density at radius 3 is 2.21 bits per heavy atom. The number of hydrogen-bond donors (Lipinski definition) is 4. The molecule has 5 N–H and O–H groups in total. The fourth-order valence-corrected chi connectivity index (χ4v) is 2.92. The highest BCUT2D eigenvalue weighted by Crippen LogP contribution is 2.25. The summed E-state index contributed by atoms with van der Waals surface area (Å²) in [5, 5.41) is 26.1. The lowest BCUT2D eigenvalue weighted by Gasteiger charge is -2.29. The van der Waals surface area contributed by atoms with Crippen LogP contribution in [0, 0.1) is 0 Å². The van der Waals surface area contributed by atoms with Gasteiger partial charge in [-0.25, -0.2) is 4.79 Å². The summed E-state index contributed by atoms with van der Waals surface area (Å²) in [6.45, 7) is 1.37. The summed E-state index contributed by atoms with van der Waals surface area (Å²) in [5.74, 6) is -2.69. The van der Waals surface area contributed by atoms with Crippen molar-refractivity contribution < 1.29 is 34.5 Å². The number of rotatable bonds is 3. The average Bonchev–Trinajstić information content (AvgIpc) is 3.11. The van der Waals surface area contributed by atoms with E-state index in [1.54, 1.807) is 0 Å². The standard InChI is InChI=1S/C12H19N3O5.C2H4O2/c13-5-10(17)14-3-1-2-8(14)11(18)15-6-7(16)4-9(15)12(19)20;1-2(3)4/h7-9,16H,1-6,13H2,(H,19,20);1H3,(H,3,4)/t7?,8-,9-;/m1./s1. The van der Waals surface area contributed by atoms with Crippen LogP contribution >= 0.6 is 0 Å². The second-order valence-electron chi connectivity index (χ2n) is 5.70. The molecule has 0 aromatic heterocycles. The minimum atomic E-state index is -1.13. The lowest BCUT2D eigenvalue weighted by atomic mass is 10.1. The molecule has 0 aromatic carbocycles. The first kappa shape index (κ1) is 19.8. The fourth-order valence-electron chi connectivity index (χ4n) is 2.92. The van der Waals surface area contributed by atoms with E-state index in [4.69, 9.17) is 20.7 Å². The van der Waals surface area contributed by atoms with E-state index in [1.807, 2.05) is 0 Å². The molecule has 24 heavy (non-hydrogen) atoms. The molecule has 0 bridgehead atoms. The first-order valence-corrected chi connectivity index (χ1v) is 7.59. The van der Waals surface area contributed by atoms with Gasteiger partial charge < -0.3 is 30.9 Å². The van der Waals surface area contributed by atoms with Crippen molar-refractivity contribution in [2.24, 2.45) is 5.73 Å². The van der Waals surface area contributed by atoms with Crippen molar-refractivity contribution in [1.29, 1.82) is 0 Å². The van der Waals surface area contributed by atoms with Gasteiger partial charge >= 0.3 is 5.97 Å². The van der Waals surface area contributed by atoms with Crippen LogP contribution in [-0.2, 0) is 19.2 Å². The molecule has 10 nitrogen and oxygen atoms in total. The molecule has 2 heterocycles. The number of carboxylic acid groups (broad SMARTS) is 2. The largest absolute Gasteiger partial charge is 0.481 e. The predicted octanol–water partition coefficient (Wildman–Crippen LogP) is -1.93.